The highest BCUT2D eigenvalue weighted by Gasteiger charge is 2.32. The monoisotopic (exact) mass is 247 g/mol. The fourth-order valence-electron chi connectivity index (χ4n) is 2.94. The molecule has 2 N–H and O–H groups in total. The van der Waals surface area contributed by atoms with Gasteiger partial charge in [-0.3, -0.25) is 0 Å². The van der Waals surface area contributed by atoms with Crippen LogP contribution >= 0.6 is 0 Å². The highest BCUT2D eigenvalue weighted by Crippen LogP contribution is 2.33. The standard InChI is InChI=1S/C16H25NO/c1-3-5-12-6-8-13(9-7-12)16(17)14-10-11-18-15(14)4-2/h6-9,14-16H,3-5,10-11,17H2,1-2H3. The van der Waals surface area contributed by atoms with Crippen molar-refractivity contribution < 1.29 is 4.74 Å². The number of hydrogen-bond donors (Lipinski definition) is 1. The van der Waals surface area contributed by atoms with Gasteiger partial charge in [0, 0.05) is 18.6 Å². The Hall–Kier alpha value is -0.860. The molecule has 100 valence electrons. The predicted octanol–water partition coefficient (Wildman–Crippen LogP) is 3.45. The van der Waals surface area contributed by atoms with Crippen molar-refractivity contribution in [2.24, 2.45) is 11.7 Å². The van der Waals surface area contributed by atoms with Gasteiger partial charge in [-0.25, -0.2) is 0 Å². The van der Waals surface area contributed by atoms with Gasteiger partial charge in [0.25, 0.3) is 0 Å². The maximum absolute atomic E-state index is 6.41. The molecule has 0 aromatic heterocycles. The minimum absolute atomic E-state index is 0.119. The summed E-state index contributed by atoms with van der Waals surface area (Å²) in [5.41, 5.74) is 9.07. The zero-order valence-corrected chi connectivity index (χ0v) is 11.6. The normalized spacial score (nSPS) is 25.3. The van der Waals surface area contributed by atoms with Gasteiger partial charge in [0.1, 0.15) is 0 Å². The third kappa shape index (κ3) is 2.93. The van der Waals surface area contributed by atoms with Gasteiger partial charge < -0.3 is 10.5 Å². The Morgan fingerprint density at radius 3 is 2.61 bits per heavy atom. The Balaban J connectivity index is 2.05. The molecule has 1 heterocycles. The Bertz CT molecular complexity index is 360. The SMILES string of the molecule is CCCc1ccc(C(N)C2CCOC2CC)cc1. The van der Waals surface area contributed by atoms with Gasteiger partial charge in [-0.05, 0) is 30.4 Å². The second-order valence-corrected chi connectivity index (χ2v) is 5.29. The van der Waals surface area contributed by atoms with Crippen molar-refractivity contribution in [2.75, 3.05) is 6.61 Å². The van der Waals surface area contributed by atoms with Crippen molar-refractivity contribution in [1.82, 2.24) is 0 Å². The Kier molecular flexibility index (Phi) is 4.79. The van der Waals surface area contributed by atoms with Crippen LogP contribution in [0.15, 0.2) is 24.3 Å². The molecule has 3 atom stereocenters. The van der Waals surface area contributed by atoms with Crippen molar-refractivity contribution in [1.29, 1.82) is 0 Å². The molecule has 0 radical (unpaired) electrons. The molecule has 18 heavy (non-hydrogen) atoms. The molecule has 2 nitrogen and oxygen atoms in total. The van der Waals surface area contributed by atoms with E-state index in [1.165, 1.54) is 17.5 Å². The Morgan fingerprint density at radius 2 is 2.00 bits per heavy atom. The van der Waals surface area contributed by atoms with Gasteiger partial charge >= 0.3 is 0 Å². The van der Waals surface area contributed by atoms with Crippen LogP contribution in [0, 0.1) is 5.92 Å². The van der Waals surface area contributed by atoms with Crippen molar-refractivity contribution >= 4 is 0 Å². The first-order chi connectivity index (χ1) is 8.76. The third-order valence-corrected chi connectivity index (χ3v) is 4.03. The summed E-state index contributed by atoms with van der Waals surface area (Å²) in [5, 5.41) is 0. The molecular weight excluding hydrogens is 222 g/mol. The van der Waals surface area contributed by atoms with Gasteiger partial charge in [-0.2, -0.15) is 0 Å². The first kappa shape index (κ1) is 13.6. The molecule has 1 aromatic rings. The largest absolute Gasteiger partial charge is 0.378 e. The summed E-state index contributed by atoms with van der Waals surface area (Å²) in [6.45, 7) is 5.26. The molecule has 0 bridgehead atoms. The summed E-state index contributed by atoms with van der Waals surface area (Å²) in [6, 6.07) is 8.94. The van der Waals surface area contributed by atoms with Gasteiger partial charge in [0.2, 0.25) is 0 Å². The number of nitrogens with two attached hydrogens (primary N) is 1. The average molecular weight is 247 g/mol. The molecule has 3 unspecified atom stereocenters. The third-order valence-electron chi connectivity index (χ3n) is 4.03. The first-order valence-corrected chi connectivity index (χ1v) is 7.22. The lowest BCUT2D eigenvalue weighted by molar-refractivity contribution is 0.0813. The number of benzene rings is 1. The van der Waals surface area contributed by atoms with E-state index in [9.17, 15) is 0 Å². The maximum atomic E-state index is 6.41. The number of ether oxygens (including phenoxy) is 1. The van der Waals surface area contributed by atoms with Crippen LogP contribution in [0.3, 0.4) is 0 Å². The molecule has 1 saturated heterocycles. The lowest BCUT2D eigenvalue weighted by Crippen LogP contribution is -2.27. The van der Waals surface area contributed by atoms with Crippen molar-refractivity contribution in [3.8, 4) is 0 Å². The molecule has 1 aliphatic heterocycles. The molecular formula is C16H25NO. The smallest absolute Gasteiger partial charge is 0.0619 e. The molecule has 2 heteroatoms. The molecule has 2 rings (SSSR count). The van der Waals surface area contributed by atoms with Crippen LogP contribution < -0.4 is 5.73 Å². The minimum atomic E-state index is 0.119. The van der Waals surface area contributed by atoms with Crippen molar-refractivity contribution in [3.05, 3.63) is 35.4 Å². The average Bonchev–Trinajstić information content (AvgIpc) is 2.87. The molecule has 0 spiro atoms. The summed E-state index contributed by atoms with van der Waals surface area (Å²) in [4.78, 5) is 0. The summed E-state index contributed by atoms with van der Waals surface area (Å²) in [7, 11) is 0. The second kappa shape index (κ2) is 6.35. The van der Waals surface area contributed by atoms with E-state index in [0.717, 1.165) is 25.9 Å². The van der Waals surface area contributed by atoms with E-state index in [1.807, 2.05) is 0 Å². The highest BCUT2D eigenvalue weighted by atomic mass is 16.5. The second-order valence-electron chi connectivity index (χ2n) is 5.29. The van der Waals surface area contributed by atoms with Gasteiger partial charge in [0.15, 0.2) is 0 Å². The zero-order chi connectivity index (χ0) is 13.0. The summed E-state index contributed by atoms with van der Waals surface area (Å²) < 4.78 is 5.74. The Morgan fingerprint density at radius 1 is 1.28 bits per heavy atom. The van der Waals surface area contributed by atoms with Crippen LogP contribution in [-0.4, -0.2) is 12.7 Å². The number of rotatable bonds is 5. The minimum Gasteiger partial charge on any atom is -0.378 e. The van der Waals surface area contributed by atoms with Crippen molar-refractivity contribution in [3.63, 3.8) is 0 Å². The van der Waals surface area contributed by atoms with E-state index in [0.29, 0.717) is 12.0 Å². The van der Waals surface area contributed by atoms with Gasteiger partial charge in [0.05, 0.1) is 6.10 Å². The van der Waals surface area contributed by atoms with Gasteiger partial charge in [-0.15, -0.1) is 0 Å². The molecule has 1 fully saturated rings. The van der Waals surface area contributed by atoms with Gasteiger partial charge in [-0.1, -0.05) is 44.5 Å². The van der Waals surface area contributed by atoms with Crippen LogP contribution in [0.4, 0.5) is 0 Å². The molecule has 1 aromatic carbocycles. The highest BCUT2D eigenvalue weighted by molar-refractivity contribution is 5.25. The van der Waals surface area contributed by atoms with E-state index in [2.05, 4.69) is 38.1 Å². The van der Waals surface area contributed by atoms with E-state index >= 15 is 0 Å². The first-order valence-electron chi connectivity index (χ1n) is 7.22. The lowest BCUT2D eigenvalue weighted by atomic mass is 9.87. The van der Waals surface area contributed by atoms with Crippen molar-refractivity contribution in [2.45, 2.75) is 51.7 Å². The lowest BCUT2D eigenvalue weighted by Gasteiger charge is -2.24. The number of aryl methyl sites for hydroxylation is 1. The fourth-order valence-corrected chi connectivity index (χ4v) is 2.94. The van der Waals surface area contributed by atoms with E-state index in [1.54, 1.807) is 0 Å². The van der Waals surface area contributed by atoms with Crippen LogP contribution in [0.1, 0.15) is 50.3 Å². The summed E-state index contributed by atoms with van der Waals surface area (Å²) in [6.07, 6.45) is 4.84. The molecule has 0 amide bonds. The van der Waals surface area contributed by atoms with Crippen LogP contribution in [0.25, 0.3) is 0 Å². The predicted molar refractivity (Wildman–Crippen MR) is 75.5 cm³/mol. The quantitative estimate of drug-likeness (QED) is 0.865. The van der Waals surface area contributed by atoms with Crippen LogP contribution in [0.2, 0.25) is 0 Å². The zero-order valence-electron chi connectivity index (χ0n) is 11.6. The topological polar surface area (TPSA) is 35.2 Å². The molecule has 1 aliphatic rings. The van der Waals surface area contributed by atoms with Crippen LogP contribution in [-0.2, 0) is 11.2 Å². The van der Waals surface area contributed by atoms with Crippen LogP contribution in [0.5, 0.6) is 0 Å². The molecule has 0 saturated carbocycles. The summed E-state index contributed by atoms with van der Waals surface area (Å²) >= 11 is 0. The number of hydrogen-bond acceptors (Lipinski definition) is 2. The van der Waals surface area contributed by atoms with E-state index in [4.69, 9.17) is 10.5 Å². The van der Waals surface area contributed by atoms with E-state index in [-0.39, 0.29) is 6.04 Å². The van der Waals surface area contributed by atoms with E-state index < -0.39 is 0 Å². The fraction of sp³-hybridized carbons (Fsp3) is 0.625. The Labute approximate surface area is 111 Å². The summed E-state index contributed by atoms with van der Waals surface area (Å²) in [5.74, 6) is 0.479. The molecule has 0 aliphatic carbocycles. The maximum Gasteiger partial charge on any atom is 0.0619 e.